The fourth-order valence-electron chi connectivity index (χ4n) is 4.80. The van der Waals surface area contributed by atoms with Crippen molar-refractivity contribution in [1.82, 2.24) is 9.80 Å². The van der Waals surface area contributed by atoms with E-state index in [2.05, 4.69) is 35.2 Å². The standard InChI is InChI=1S/C26H33ClN2O2/c1-20(30)29-14-2-4-21-7-10-26(18-24(21)19-29)31-17-3-13-28-15-11-23(12-16-28)22-5-8-25(27)9-6-22/h5-10,18,23H,2-4,11-17,19H2,1H3. The number of halogens is 1. The molecule has 2 aliphatic rings. The van der Waals surface area contributed by atoms with Crippen LogP contribution in [-0.2, 0) is 17.8 Å². The van der Waals surface area contributed by atoms with E-state index in [4.69, 9.17) is 16.3 Å². The van der Waals surface area contributed by atoms with Crippen LogP contribution in [0.4, 0.5) is 0 Å². The lowest BCUT2D eigenvalue weighted by molar-refractivity contribution is -0.129. The first-order valence-electron chi connectivity index (χ1n) is 11.6. The Morgan fingerprint density at radius 3 is 2.58 bits per heavy atom. The summed E-state index contributed by atoms with van der Waals surface area (Å²) < 4.78 is 6.06. The monoisotopic (exact) mass is 440 g/mol. The first-order valence-corrected chi connectivity index (χ1v) is 11.9. The lowest BCUT2D eigenvalue weighted by Crippen LogP contribution is -2.34. The Balaban J connectivity index is 1.20. The Kier molecular flexibility index (Phi) is 7.52. The van der Waals surface area contributed by atoms with Gasteiger partial charge < -0.3 is 14.5 Å². The first kappa shape index (κ1) is 22.2. The first-order chi connectivity index (χ1) is 15.1. The highest BCUT2D eigenvalue weighted by molar-refractivity contribution is 6.30. The van der Waals surface area contributed by atoms with Gasteiger partial charge in [0, 0.05) is 31.6 Å². The second-order valence-corrected chi connectivity index (χ2v) is 9.28. The third-order valence-electron chi connectivity index (χ3n) is 6.67. The van der Waals surface area contributed by atoms with Crippen LogP contribution in [0.25, 0.3) is 0 Å². The highest BCUT2D eigenvalue weighted by Gasteiger charge is 2.20. The number of rotatable bonds is 6. The molecule has 0 spiro atoms. The minimum absolute atomic E-state index is 0.152. The quantitative estimate of drug-likeness (QED) is 0.572. The number of hydrogen-bond acceptors (Lipinski definition) is 3. The Morgan fingerprint density at radius 1 is 1.06 bits per heavy atom. The zero-order valence-electron chi connectivity index (χ0n) is 18.5. The molecule has 1 saturated heterocycles. The Morgan fingerprint density at radius 2 is 1.84 bits per heavy atom. The molecule has 0 bridgehead atoms. The lowest BCUT2D eigenvalue weighted by Gasteiger charge is -2.32. The Hall–Kier alpha value is -2.04. The van der Waals surface area contributed by atoms with E-state index < -0.39 is 0 Å². The number of fused-ring (bicyclic) bond motifs is 1. The molecule has 5 heteroatoms. The van der Waals surface area contributed by atoms with E-state index >= 15 is 0 Å². The topological polar surface area (TPSA) is 32.8 Å². The van der Waals surface area contributed by atoms with Crippen molar-refractivity contribution in [3.05, 3.63) is 64.2 Å². The van der Waals surface area contributed by atoms with Crippen molar-refractivity contribution in [2.75, 3.05) is 32.8 Å². The van der Waals surface area contributed by atoms with Gasteiger partial charge in [0.1, 0.15) is 5.75 Å². The van der Waals surface area contributed by atoms with Crippen LogP contribution >= 0.6 is 11.6 Å². The van der Waals surface area contributed by atoms with Crippen LogP contribution in [-0.4, -0.2) is 48.5 Å². The maximum Gasteiger partial charge on any atom is 0.219 e. The number of carbonyl (C=O) groups excluding carboxylic acids is 1. The van der Waals surface area contributed by atoms with E-state index in [0.29, 0.717) is 12.5 Å². The number of carbonyl (C=O) groups is 1. The number of likely N-dealkylation sites (tertiary alicyclic amines) is 1. The fourth-order valence-corrected chi connectivity index (χ4v) is 4.93. The highest BCUT2D eigenvalue weighted by Crippen LogP contribution is 2.29. The summed E-state index contributed by atoms with van der Waals surface area (Å²) in [5, 5.41) is 0.812. The summed E-state index contributed by atoms with van der Waals surface area (Å²) in [6.45, 7) is 7.30. The Labute approximate surface area is 191 Å². The third kappa shape index (κ3) is 6.02. The number of amides is 1. The molecule has 31 heavy (non-hydrogen) atoms. The molecule has 2 aliphatic heterocycles. The van der Waals surface area contributed by atoms with E-state index in [9.17, 15) is 4.79 Å². The molecule has 2 aromatic rings. The fraction of sp³-hybridized carbons (Fsp3) is 0.500. The molecule has 1 fully saturated rings. The van der Waals surface area contributed by atoms with E-state index in [0.717, 1.165) is 62.8 Å². The van der Waals surface area contributed by atoms with Gasteiger partial charge in [-0.3, -0.25) is 4.79 Å². The minimum atomic E-state index is 0.152. The van der Waals surface area contributed by atoms with Crippen molar-refractivity contribution in [3.63, 3.8) is 0 Å². The van der Waals surface area contributed by atoms with Crippen LogP contribution in [0, 0.1) is 0 Å². The molecule has 166 valence electrons. The van der Waals surface area contributed by atoms with E-state index in [1.807, 2.05) is 17.0 Å². The third-order valence-corrected chi connectivity index (χ3v) is 6.93. The molecule has 0 saturated carbocycles. The molecule has 2 aromatic carbocycles. The smallest absolute Gasteiger partial charge is 0.219 e. The van der Waals surface area contributed by atoms with Gasteiger partial charge in [0.2, 0.25) is 5.91 Å². The van der Waals surface area contributed by atoms with Gasteiger partial charge in [0.15, 0.2) is 0 Å². The molecule has 1 amide bonds. The molecule has 0 unspecified atom stereocenters. The van der Waals surface area contributed by atoms with Crippen LogP contribution in [0.3, 0.4) is 0 Å². The van der Waals surface area contributed by atoms with Crippen molar-refractivity contribution >= 4 is 17.5 Å². The van der Waals surface area contributed by atoms with Gasteiger partial charge in [-0.05, 0) is 92.1 Å². The summed E-state index contributed by atoms with van der Waals surface area (Å²) in [4.78, 5) is 16.3. The summed E-state index contributed by atoms with van der Waals surface area (Å²) in [5.41, 5.74) is 3.99. The van der Waals surface area contributed by atoms with Crippen LogP contribution in [0.5, 0.6) is 5.75 Å². The lowest BCUT2D eigenvalue weighted by atomic mass is 9.89. The number of hydrogen-bond donors (Lipinski definition) is 0. The molecule has 4 rings (SSSR count). The Bertz CT molecular complexity index is 875. The van der Waals surface area contributed by atoms with Crippen molar-refractivity contribution in [1.29, 1.82) is 0 Å². The normalized spacial score (nSPS) is 17.8. The number of benzene rings is 2. The molecule has 0 aliphatic carbocycles. The average molecular weight is 441 g/mol. The van der Waals surface area contributed by atoms with Gasteiger partial charge >= 0.3 is 0 Å². The second kappa shape index (κ2) is 10.5. The highest BCUT2D eigenvalue weighted by atomic mass is 35.5. The minimum Gasteiger partial charge on any atom is -0.494 e. The molecule has 4 nitrogen and oxygen atoms in total. The molecule has 2 heterocycles. The zero-order valence-corrected chi connectivity index (χ0v) is 19.2. The number of piperidine rings is 1. The molecule has 0 radical (unpaired) electrons. The van der Waals surface area contributed by atoms with Crippen LogP contribution in [0.1, 0.15) is 55.2 Å². The maximum atomic E-state index is 11.8. The van der Waals surface area contributed by atoms with Crippen molar-refractivity contribution in [2.24, 2.45) is 0 Å². The van der Waals surface area contributed by atoms with Gasteiger partial charge in [0.25, 0.3) is 0 Å². The summed E-state index contributed by atoms with van der Waals surface area (Å²) in [6, 6.07) is 14.7. The van der Waals surface area contributed by atoms with Crippen LogP contribution < -0.4 is 4.74 Å². The van der Waals surface area contributed by atoms with Crippen LogP contribution in [0.2, 0.25) is 5.02 Å². The summed E-state index contributed by atoms with van der Waals surface area (Å²) in [5.74, 6) is 1.73. The zero-order chi connectivity index (χ0) is 21.6. The van der Waals surface area contributed by atoms with Crippen LogP contribution in [0.15, 0.2) is 42.5 Å². The number of ether oxygens (including phenoxy) is 1. The van der Waals surface area contributed by atoms with Gasteiger partial charge in [0.05, 0.1) is 6.61 Å². The van der Waals surface area contributed by atoms with Crippen molar-refractivity contribution in [2.45, 2.75) is 51.5 Å². The van der Waals surface area contributed by atoms with Gasteiger partial charge in [-0.25, -0.2) is 0 Å². The SMILES string of the molecule is CC(=O)N1CCCc2ccc(OCCCN3CCC(c4ccc(Cl)cc4)CC3)cc2C1. The largest absolute Gasteiger partial charge is 0.494 e. The van der Waals surface area contributed by atoms with Gasteiger partial charge in [-0.1, -0.05) is 29.8 Å². The predicted molar refractivity (Wildman–Crippen MR) is 126 cm³/mol. The van der Waals surface area contributed by atoms with E-state index in [-0.39, 0.29) is 5.91 Å². The molecule has 0 aromatic heterocycles. The maximum absolute atomic E-state index is 11.8. The van der Waals surface area contributed by atoms with Crippen molar-refractivity contribution in [3.8, 4) is 5.75 Å². The summed E-state index contributed by atoms with van der Waals surface area (Å²) in [7, 11) is 0. The average Bonchev–Trinajstić information content (AvgIpc) is 3.00. The van der Waals surface area contributed by atoms with Gasteiger partial charge in [-0.2, -0.15) is 0 Å². The molecule has 0 N–H and O–H groups in total. The second-order valence-electron chi connectivity index (χ2n) is 8.84. The van der Waals surface area contributed by atoms with Crippen molar-refractivity contribution < 1.29 is 9.53 Å². The van der Waals surface area contributed by atoms with E-state index in [1.165, 1.54) is 29.5 Å². The summed E-state index contributed by atoms with van der Waals surface area (Å²) in [6.07, 6.45) is 5.51. The summed E-state index contributed by atoms with van der Waals surface area (Å²) >= 11 is 6.01. The molecule has 0 atom stereocenters. The van der Waals surface area contributed by atoms with E-state index in [1.54, 1.807) is 6.92 Å². The number of nitrogens with zero attached hydrogens (tertiary/aromatic N) is 2. The van der Waals surface area contributed by atoms with Gasteiger partial charge in [-0.15, -0.1) is 0 Å². The predicted octanol–water partition coefficient (Wildman–Crippen LogP) is 5.28. The molecular weight excluding hydrogens is 408 g/mol. The molecular formula is C26H33ClN2O2. The number of aryl methyl sites for hydroxylation is 1.